The minimum absolute atomic E-state index is 0.136. The van der Waals surface area contributed by atoms with E-state index in [0.717, 1.165) is 25.7 Å². The Morgan fingerprint density at radius 3 is 2.25 bits per heavy atom. The predicted octanol–water partition coefficient (Wildman–Crippen LogP) is 12.0. The van der Waals surface area contributed by atoms with Gasteiger partial charge in [-0.25, -0.2) is 0 Å². The summed E-state index contributed by atoms with van der Waals surface area (Å²) in [5, 5.41) is 0. The van der Waals surface area contributed by atoms with E-state index in [2.05, 4.69) is 170 Å². The predicted molar refractivity (Wildman–Crippen MR) is 202 cm³/mol. The van der Waals surface area contributed by atoms with E-state index >= 15 is 0 Å². The zero-order valence-corrected chi connectivity index (χ0v) is 28.2. The van der Waals surface area contributed by atoms with Crippen molar-refractivity contribution in [2.75, 3.05) is 4.90 Å². The van der Waals surface area contributed by atoms with Crippen molar-refractivity contribution < 1.29 is 0 Å². The SMILES string of the molecule is CC1CC=Cc2c3c(n(-c4ccc5c(c4)C(C)(C)c4cc(N(C6=CCC(c7ccccc7)C=C6)c6ccccc6)ccc4-5)c21)C=CCC3. The summed E-state index contributed by atoms with van der Waals surface area (Å²) in [6.45, 7) is 7.21. The Labute approximate surface area is 285 Å². The minimum Gasteiger partial charge on any atom is -0.313 e. The van der Waals surface area contributed by atoms with Crippen LogP contribution < -0.4 is 4.90 Å². The molecule has 4 aliphatic rings. The first-order chi connectivity index (χ1) is 23.5. The maximum absolute atomic E-state index is 2.58. The molecule has 0 spiro atoms. The molecule has 0 radical (unpaired) electrons. The monoisotopic (exact) mass is 622 g/mol. The normalized spacial score (nSPS) is 19.7. The van der Waals surface area contributed by atoms with Crippen molar-refractivity contribution in [1.82, 2.24) is 4.57 Å². The van der Waals surface area contributed by atoms with Gasteiger partial charge in [-0.3, -0.25) is 0 Å². The molecule has 0 N–H and O–H groups in total. The highest BCUT2D eigenvalue weighted by molar-refractivity contribution is 5.85. The molecule has 2 unspecified atom stereocenters. The quantitative estimate of drug-likeness (QED) is 0.189. The molecule has 0 bridgehead atoms. The molecule has 0 amide bonds. The van der Waals surface area contributed by atoms with E-state index in [-0.39, 0.29) is 5.41 Å². The summed E-state index contributed by atoms with van der Waals surface area (Å²) in [6, 6.07) is 36.1. The van der Waals surface area contributed by atoms with Crippen LogP contribution in [0.25, 0.3) is 29.0 Å². The zero-order chi connectivity index (χ0) is 32.4. The van der Waals surface area contributed by atoms with Gasteiger partial charge >= 0.3 is 0 Å². The average Bonchev–Trinajstić information content (AvgIpc) is 3.59. The van der Waals surface area contributed by atoms with Crippen molar-refractivity contribution in [2.24, 2.45) is 0 Å². The van der Waals surface area contributed by atoms with Crippen LogP contribution in [0.15, 0.2) is 133 Å². The Morgan fingerprint density at radius 1 is 0.729 bits per heavy atom. The fourth-order valence-electron chi connectivity index (χ4n) is 8.73. The lowest BCUT2D eigenvalue weighted by Crippen LogP contribution is -2.19. The molecule has 2 nitrogen and oxygen atoms in total. The summed E-state index contributed by atoms with van der Waals surface area (Å²) in [5.41, 5.74) is 17.5. The van der Waals surface area contributed by atoms with Gasteiger partial charge in [0.1, 0.15) is 0 Å². The van der Waals surface area contributed by atoms with Gasteiger partial charge in [0.05, 0.1) is 0 Å². The Morgan fingerprint density at radius 2 is 1.48 bits per heavy atom. The van der Waals surface area contributed by atoms with E-state index in [9.17, 15) is 0 Å². The van der Waals surface area contributed by atoms with Crippen LogP contribution >= 0.6 is 0 Å². The summed E-state index contributed by atoms with van der Waals surface area (Å²) in [7, 11) is 0. The molecule has 4 aromatic carbocycles. The molecule has 48 heavy (non-hydrogen) atoms. The third kappa shape index (κ3) is 4.53. The Balaban J connectivity index is 1.12. The lowest BCUT2D eigenvalue weighted by Gasteiger charge is -2.30. The summed E-state index contributed by atoms with van der Waals surface area (Å²) < 4.78 is 2.58. The standard InChI is InChI=1S/C46H42N2/c1-31-13-12-19-41-40-18-10-11-20-44(40)48(45(31)41)37-26-28-39-38-27-25-36(29-42(38)46(2,3)43(39)30-37)47(34-16-8-5-9-17-34)35-23-21-33(22-24-35)32-14-6-4-7-15-32/h4-9,11-12,14-17,19-21,23-31,33H,10,13,18,22H2,1-3H3. The van der Waals surface area contributed by atoms with Gasteiger partial charge in [0.15, 0.2) is 0 Å². The number of aromatic nitrogens is 1. The Bertz CT molecular complexity index is 2170. The van der Waals surface area contributed by atoms with E-state index < -0.39 is 0 Å². The van der Waals surface area contributed by atoms with Gasteiger partial charge in [0.25, 0.3) is 0 Å². The number of benzene rings is 4. The van der Waals surface area contributed by atoms with Crippen LogP contribution in [-0.2, 0) is 11.8 Å². The number of para-hydroxylation sites is 1. The van der Waals surface area contributed by atoms with Gasteiger partial charge in [-0.1, -0.05) is 112 Å². The highest BCUT2D eigenvalue weighted by Gasteiger charge is 2.37. The Kier molecular flexibility index (Phi) is 6.83. The largest absolute Gasteiger partial charge is 0.313 e. The molecule has 0 saturated heterocycles. The average molecular weight is 623 g/mol. The van der Waals surface area contributed by atoms with Crippen LogP contribution in [0.1, 0.15) is 91.1 Å². The van der Waals surface area contributed by atoms with E-state index in [1.54, 1.807) is 0 Å². The molecular weight excluding hydrogens is 581 g/mol. The van der Waals surface area contributed by atoms with Crippen molar-refractivity contribution in [3.63, 3.8) is 0 Å². The summed E-state index contributed by atoms with van der Waals surface area (Å²) in [6.07, 6.45) is 20.9. The van der Waals surface area contributed by atoms with Crippen molar-refractivity contribution in [2.45, 2.75) is 63.7 Å². The number of rotatable bonds is 5. The Hall–Kier alpha value is -5.08. The molecular formula is C46H42N2. The number of nitrogens with zero attached hydrogens (tertiary/aromatic N) is 2. The zero-order valence-electron chi connectivity index (χ0n) is 28.2. The van der Waals surface area contributed by atoms with Crippen molar-refractivity contribution >= 4 is 23.5 Å². The van der Waals surface area contributed by atoms with Crippen molar-refractivity contribution in [3.8, 4) is 16.8 Å². The van der Waals surface area contributed by atoms with Crippen LogP contribution in [0, 0.1) is 0 Å². The summed E-state index contributed by atoms with van der Waals surface area (Å²) in [4.78, 5) is 2.43. The molecule has 2 heteroatoms. The molecule has 1 aromatic heterocycles. The summed E-state index contributed by atoms with van der Waals surface area (Å²) >= 11 is 0. The third-order valence-corrected chi connectivity index (χ3v) is 11.2. The topological polar surface area (TPSA) is 8.17 Å². The van der Waals surface area contributed by atoms with Gasteiger partial charge in [-0.2, -0.15) is 0 Å². The number of fused-ring (bicyclic) bond motifs is 6. The smallest absolute Gasteiger partial charge is 0.0494 e. The third-order valence-electron chi connectivity index (χ3n) is 11.2. The second kappa shape index (κ2) is 11.3. The van der Waals surface area contributed by atoms with E-state index in [1.165, 1.54) is 73.1 Å². The van der Waals surface area contributed by atoms with E-state index in [4.69, 9.17) is 0 Å². The van der Waals surface area contributed by atoms with Crippen LogP contribution in [0.2, 0.25) is 0 Å². The first kappa shape index (κ1) is 29.1. The molecule has 0 saturated carbocycles. The van der Waals surface area contributed by atoms with E-state index in [0.29, 0.717) is 11.8 Å². The maximum Gasteiger partial charge on any atom is 0.0494 e. The van der Waals surface area contributed by atoms with Gasteiger partial charge in [-0.05, 0) is 113 Å². The maximum atomic E-state index is 2.58. The van der Waals surface area contributed by atoms with Crippen molar-refractivity contribution in [1.29, 1.82) is 0 Å². The number of anilines is 2. The molecule has 0 aliphatic heterocycles. The van der Waals surface area contributed by atoms with Gasteiger partial charge in [0, 0.05) is 51.4 Å². The second-order valence-electron chi connectivity index (χ2n) is 14.5. The molecule has 1 heterocycles. The molecule has 0 fully saturated rings. The van der Waals surface area contributed by atoms with Gasteiger partial charge in [0.2, 0.25) is 0 Å². The molecule has 4 aliphatic carbocycles. The van der Waals surface area contributed by atoms with E-state index in [1.807, 2.05) is 0 Å². The molecule has 9 rings (SSSR count). The van der Waals surface area contributed by atoms with Gasteiger partial charge in [-0.15, -0.1) is 0 Å². The first-order valence-electron chi connectivity index (χ1n) is 17.7. The second-order valence-corrected chi connectivity index (χ2v) is 14.5. The fraction of sp³-hybridized carbons (Fsp3) is 0.217. The van der Waals surface area contributed by atoms with Crippen LogP contribution in [0.3, 0.4) is 0 Å². The molecule has 236 valence electrons. The van der Waals surface area contributed by atoms with Crippen LogP contribution in [0.4, 0.5) is 11.4 Å². The van der Waals surface area contributed by atoms with Crippen molar-refractivity contribution in [3.05, 3.63) is 172 Å². The lowest BCUT2D eigenvalue weighted by molar-refractivity contribution is 0.658. The molecule has 2 atom stereocenters. The van der Waals surface area contributed by atoms with Crippen LogP contribution in [-0.4, -0.2) is 4.57 Å². The number of hydrogen-bond acceptors (Lipinski definition) is 1. The highest BCUT2D eigenvalue weighted by Crippen LogP contribution is 2.52. The van der Waals surface area contributed by atoms with Crippen LogP contribution in [0.5, 0.6) is 0 Å². The summed E-state index contributed by atoms with van der Waals surface area (Å²) in [5.74, 6) is 0.904. The molecule has 5 aromatic rings. The minimum atomic E-state index is -0.136. The van der Waals surface area contributed by atoms with Gasteiger partial charge < -0.3 is 9.47 Å². The first-order valence-corrected chi connectivity index (χ1v) is 17.7. The highest BCUT2D eigenvalue weighted by atomic mass is 15.1. The fourth-order valence-corrected chi connectivity index (χ4v) is 8.73. The lowest BCUT2D eigenvalue weighted by atomic mass is 9.82. The number of allylic oxidation sites excluding steroid dienone is 5. The number of hydrogen-bond donors (Lipinski definition) is 0.